The smallest absolute Gasteiger partial charge is 0.133 e. The molecule has 0 amide bonds. The molecule has 1 aromatic carbocycles. The highest BCUT2D eigenvalue weighted by atomic mass is 16.3. The van der Waals surface area contributed by atoms with E-state index in [1.165, 1.54) is 0 Å². The van der Waals surface area contributed by atoms with Crippen LogP contribution in [0.15, 0.2) is 34.9 Å². The number of rotatable bonds is 2. The second-order valence-electron chi connectivity index (χ2n) is 3.19. The minimum atomic E-state index is -0.209. The van der Waals surface area contributed by atoms with Gasteiger partial charge in [-0.1, -0.05) is 6.07 Å². The molecule has 2 aromatic rings. The summed E-state index contributed by atoms with van der Waals surface area (Å²) in [5.74, 6) is 0. The van der Waals surface area contributed by atoms with Gasteiger partial charge in [0.1, 0.15) is 5.58 Å². The van der Waals surface area contributed by atoms with E-state index in [9.17, 15) is 0 Å². The Hall–Kier alpha value is -1.79. The zero-order valence-corrected chi connectivity index (χ0v) is 7.60. The van der Waals surface area contributed by atoms with E-state index in [1.807, 2.05) is 24.3 Å². The number of fused-ring (bicyclic) bond motifs is 1. The van der Waals surface area contributed by atoms with Crippen LogP contribution < -0.4 is 5.73 Å². The Morgan fingerprint density at radius 3 is 3.07 bits per heavy atom. The predicted molar refractivity (Wildman–Crippen MR) is 53.4 cm³/mol. The SMILES string of the molecule is N#CCC(N)c1ccc2occc2c1. The van der Waals surface area contributed by atoms with Crippen molar-refractivity contribution >= 4 is 11.0 Å². The molecule has 3 nitrogen and oxygen atoms in total. The highest BCUT2D eigenvalue weighted by Crippen LogP contribution is 2.21. The van der Waals surface area contributed by atoms with Crippen molar-refractivity contribution in [3.63, 3.8) is 0 Å². The third-order valence-electron chi connectivity index (χ3n) is 2.22. The molecule has 1 atom stereocenters. The number of nitriles is 1. The van der Waals surface area contributed by atoms with E-state index < -0.39 is 0 Å². The number of nitrogens with zero attached hydrogens (tertiary/aromatic N) is 1. The van der Waals surface area contributed by atoms with Crippen molar-refractivity contribution in [3.8, 4) is 6.07 Å². The first kappa shape index (κ1) is 8.79. The summed E-state index contributed by atoms with van der Waals surface area (Å²) in [6.07, 6.45) is 1.98. The summed E-state index contributed by atoms with van der Waals surface area (Å²) in [6, 6.07) is 9.47. The van der Waals surface area contributed by atoms with E-state index in [1.54, 1.807) is 6.26 Å². The fraction of sp³-hybridized carbons (Fsp3) is 0.182. The number of hydrogen-bond acceptors (Lipinski definition) is 3. The second-order valence-corrected chi connectivity index (χ2v) is 3.19. The van der Waals surface area contributed by atoms with Crippen molar-refractivity contribution in [1.82, 2.24) is 0 Å². The third-order valence-corrected chi connectivity index (χ3v) is 2.22. The van der Waals surface area contributed by atoms with Crippen molar-refractivity contribution in [2.24, 2.45) is 5.73 Å². The van der Waals surface area contributed by atoms with Crippen LogP contribution in [0.2, 0.25) is 0 Å². The van der Waals surface area contributed by atoms with Gasteiger partial charge in [-0.05, 0) is 23.8 Å². The molecule has 0 saturated heterocycles. The standard InChI is InChI=1S/C11H10N2O/c12-5-3-10(13)8-1-2-11-9(7-8)4-6-14-11/h1-2,4,6-7,10H,3,13H2. The molecule has 70 valence electrons. The summed E-state index contributed by atoms with van der Waals surface area (Å²) in [4.78, 5) is 0. The van der Waals surface area contributed by atoms with Gasteiger partial charge in [0.25, 0.3) is 0 Å². The summed E-state index contributed by atoms with van der Waals surface area (Å²) < 4.78 is 5.21. The molecular formula is C11H10N2O. The molecule has 1 unspecified atom stereocenters. The molecule has 0 aliphatic rings. The van der Waals surface area contributed by atoms with Gasteiger partial charge in [0.15, 0.2) is 0 Å². The van der Waals surface area contributed by atoms with Gasteiger partial charge in [-0.2, -0.15) is 5.26 Å². The topological polar surface area (TPSA) is 63.0 Å². The molecule has 0 saturated carbocycles. The van der Waals surface area contributed by atoms with Gasteiger partial charge in [0, 0.05) is 11.4 Å². The van der Waals surface area contributed by atoms with Crippen LogP contribution >= 0.6 is 0 Å². The molecular weight excluding hydrogens is 176 g/mol. The maximum atomic E-state index is 8.52. The number of hydrogen-bond donors (Lipinski definition) is 1. The molecule has 2 N–H and O–H groups in total. The first-order chi connectivity index (χ1) is 6.81. The Balaban J connectivity index is 2.39. The van der Waals surface area contributed by atoms with Crippen LogP contribution in [0.5, 0.6) is 0 Å². The summed E-state index contributed by atoms with van der Waals surface area (Å²) >= 11 is 0. The van der Waals surface area contributed by atoms with E-state index in [2.05, 4.69) is 6.07 Å². The molecule has 1 aromatic heterocycles. The van der Waals surface area contributed by atoms with Gasteiger partial charge < -0.3 is 10.2 Å². The molecule has 14 heavy (non-hydrogen) atoms. The molecule has 3 heteroatoms. The van der Waals surface area contributed by atoms with E-state index in [-0.39, 0.29) is 6.04 Å². The normalized spacial score (nSPS) is 12.6. The lowest BCUT2D eigenvalue weighted by atomic mass is 10.0. The number of furan rings is 1. The Labute approximate surface area is 81.7 Å². The van der Waals surface area contributed by atoms with E-state index in [4.69, 9.17) is 15.4 Å². The van der Waals surface area contributed by atoms with Crippen LogP contribution in [-0.2, 0) is 0 Å². The van der Waals surface area contributed by atoms with Crippen molar-refractivity contribution in [3.05, 3.63) is 36.1 Å². The molecule has 0 aliphatic carbocycles. The first-order valence-corrected chi connectivity index (χ1v) is 4.41. The summed E-state index contributed by atoms with van der Waals surface area (Å²) in [5, 5.41) is 9.55. The molecule has 0 aliphatic heterocycles. The van der Waals surface area contributed by atoms with Crippen LogP contribution in [0, 0.1) is 11.3 Å². The van der Waals surface area contributed by atoms with Gasteiger partial charge in [-0.15, -0.1) is 0 Å². The van der Waals surface area contributed by atoms with Gasteiger partial charge in [0.05, 0.1) is 18.8 Å². The summed E-state index contributed by atoms with van der Waals surface area (Å²) in [7, 11) is 0. The Kier molecular flexibility index (Phi) is 2.21. The van der Waals surface area contributed by atoms with Gasteiger partial charge in [-0.3, -0.25) is 0 Å². The fourth-order valence-electron chi connectivity index (χ4n) is 1.43. The highest BCUT2D eigenvalue weighted by molar-refractivity contribution is 5.77. The third kappa shape index (κ3) is 1.48. The van der Waals surface area contributed by atoms with Crippen LogP contribution in [0.1, 0.15) is 18.0 Å². The summed E-state index contributed by atoms with van der Waals surface area (Å²) in [6.45, 7) is 0. The van der Waals surface area contributed by atoms with Gasteiger partial charge in [-0.25, -0.2) is 0 Å². The largest absolute Gasteiger partial charge is 0.464 e. The van der Waals surface area contributed by atoms with Crippen molar-refractivity contribution in [1.29, 1.82) is 5.26 Å². The van der Waals surface area contributed by atoms with Crippen molar-refractivity contribution in [2.75, 3.05) is 0 Å². The Morgan fingerprint density at radius 1 is 1.43 bits per heavy atom. The minimum Gasteiger partial charge on any atom is -0.464 e. The molecule has 0 bridgehead atoms. The maximum Gasteiger partial charge on any atom is 0.133 e. The van der Waals surface area contributed by atoms with E-state index in [0.29, 0.717) is 6.42 Å². The zero-order chi connectivity index (χ0) is 9.97. The maximum absolute atomic E-state index is 8.52. The Morgan fingerprint density at radius 2 is 2.29 bits per heavy atom. The highest BCUT2D eigenvalue weighted by Gasteiger charge is 2.06. The quantitative estimate of drug-likeness (QED) is 0.782. The van der Waals surface area contributed by atoms with E-state index in [0.717, 1.165) is 16.5 Å². The molecule has 0 spiro atoms. The van der Waals surface area contributed by atoms with Crippen LogP contribution in [0.4, 0.5) is 0 Å². The average molecular weight is 186 g/mol. The zero-order valence-electron chi connectivity index (χ0n) is 7.60. The lowest BCUT2D eigenvalue weighted by molar-refractivity contribution is 0.615. The van der Waals surface area contributed by atoms with E-state index >= 15 is 0 Å². The monoisotopic (exact) mass is 186 g/mol. The second kappa shape index (κ2) is 3.52. The predicted octanol–water partition coefficient (Wildman–Crippen LogP) is 2.35. The van der Waals surface area contributed by atoms with Crippen molar-refractivity contribution < 1.29 is 4.42 Å². The first-order valence-electron chi connectivity index (χ1n) is 4.41. The minimum absolute atomic E-state index is 0.209. The van der Waals surface area contributed by atoms with Crippen molar-refractivity contribution in [2.45, 2.75) is 12.5 Å². The average Bonchev–Trinajstić information content (AvgIpc) is 2.64. The van der Waals surface area contributed by atoms with Crippen LogP contribution in [0.25, 0.3) is 11.0 Å². The lowest BCUT2D eigenvalue weighted by Gasteiger charge is -2.06. The number of benzene rings is 1. The molecule has 2 rings (SSSR count). The summed E-state index contributed by atoms with van der Waals surface area (Å²) in [5.41, 5.74) is 7.63. The van der Waals surface area contributed by atoms with Crippen LogP contribution in [0.3, 0.4) is 0 Å². The molecule has 0 fully saturated rings. The lowest BCUT2D eigenvalue weighted by Crippen LogP contribution is -2.08. The van der Waals surface area contributed by atoms with Crippen LogP contribution in [-0.4, -0.2) is 0 Å². The van der Waals surface area contributed by atoms with Gasteiger partial charge >= 0.3 is 0 Å². The molecule has 0 radical (unpaired) electrons. The number of nitrogens with two attached hydrogens (primary N) is 1. The Bertz CT molecular complexity index is 481. The fourth-order valence-corrected chi connectivity index (χ4v) is 1.43. The van der Waals surface area contributed by atoms with Gasteiger partial charge in [0.2, 0.25) is 0 Å². The molecule has 1 heterocycles.